The van der Waals surface area contributed by atoms with E-state index in [1.54, 1.807) is 6.07 Å². The molecular weight excluding hydrogens is 306 g/mol. The van der Waals surface area contributed by atoms with Crippen molar-refractivity contribution in [2.24, 2.45) is 0 Å². The maximum absolute atomic E-state index is 12.7. The van der Waals surface area contributed by atoms with E-state index in [0.29, 0.717) is 12.2 Å². The van der Waals surface area contributed by atoms with Gasteiger partial charge in [0.2, 0.25) is 10.0 Å². The van der Waals surface area contributed by atoms with E-state index < -0.39 is 21.7 Å². The molecule has 0 saturated heterocycles. The van der Waals surface area contributed by atoms with Crippen molar-refractivity contribution >= 4 is 10.0 Å². The SMILES string of the molecule is COCC(O)CN(C)S(=O)(=O)c1cccc2c1OC(C)(C)C2. The van der Waals surface area contributed by atoms with Gasteiger partial charge in [0.15, 0.2) is 0 Å². The second-order valence-electron chi connectivity index (χ2n) is 6.18. The Bertz CT molecular complexity index is 641. The number of methoxy groups -OCH3 is 1. The molecular formula is C15H23NO5S. The average molecular weight is 329 g/mol. The Kier molecular flexibility index (Phi) is 4.81. The predicted molar refractivity (Wildman–Crippen MR) is 82.6 cm³/mol. The number of hydrogen-bond donors (Lipinski definition) is 1. The third-order valence-corrected chi connectivity index (χ3v) is 5.42. The molecule has 6 nitrogen and oxygen atoms in total. The first-order valence-electron chi connectivity index (χ1n) is 7.11. The van der Waals surface area contributed by atoms with Gasteiger partial charge in [-0.1, -0.05) is 12.1 Å². The molecule has 0 aliphatic carbocycles. The summed E-state index contributed by atoms with van der Waals surface area (Å²) in [6.07, 6.45) is -0.208. The third kappa shape index (κ3) is 3.43. The van der Waals surface area contributed by atoms with E-state index >= 15 is 0 Å². The quantitative estimate of drug-likeness (QED) is 0.843. The third-order valence-electron chi connectivity index (χ3n) is 3.57. The molecule has 0 amide bonds. The van der Waals surface area contributed by atoms with Crippen LogP contribution >= 0.6 is 0 Å². The smallest absolute Gasteiger partial charge is 0.246 e. The predicted octanol–water partition coefficient (Wildman–Crippen LogP) is 1.03. The van der Waals surface area contributed by atoms with Crippen molar-refractivity contribution in [2.75, 3.05) is 27.3 Å². The summed E-state index contributed by atoms with van der Waals surface area (Å²) in [5, 5.41) is 9.74. The van der Waals surface area contributed by atoms with Gasteiger partial charge in [-0.2, -0.15) is 4.31 Å². The second-order valence-corrected chi connectivity index (χ2v) is 8.19. The summed E-state index contributed by atoms with van der Waals surface area (Å²) in [5.41, 5.74) is 0.471. The molecule has 1 unspecified atom stereocenters. The van der Waals surface area contributed by atoms with Gasteiger partial charge < -0.3 is 14.6 Å². The van der Waals surface area contributed by atoms with E-state index in [9.17, 15) is 13.5 Å². The largest absolute Gasteiger partial charge is 0.486 e. The average Bonchev–Trinajstić information content (AvgIpc) is 2.71. The standard InChI is InChI=1S/C15H23NO5S/c1-15(2)8-11-6-5-7-13(14(11)21-15)22(18,19)16(3)9-12(17)10-20-4/h5-7,12,17H,8-10H2,1-4H3. The summed E-state index contributed by atoms with van der Waals surface area (Å²) >= 11 is 0. The number of sulfonamides is 1. The highest BCUT2D eigenvalue weighted by Crippen LogP contribution is 2.40. The molecule has 1 atom stereocenters. The molecule has 1 aliphatic heterocycles. The lowest BCUT2D eigenvalue weighted by Gasteiger charge is -2.22. The second kappa shape index (κ2) is 6.16. The number of aliphatic hydroxyl groups excluding tert-OH is 1. The number of rotatable bonds is 6. The molecule has 22 heavy (non-hydrogen) atoms. The Morgan fingerprint density at radius 2 is 2.14 bits per heavy atom. The molecule has 0 radical (unpaired) electrons. The number of benzene rings is 1. The van der Waals surface area contributed by atoms with E-state index in [1.807, 2.05) is 19.9 Å². The fourth-order valence-electron chi connectivity index (χ4n) is 2.60. The summed E-state index contributed by atoms with van der Waals surface area (Å²) in [5.74, 6) is 0.417. The number of likely N-dealkylation sites (N-methyl/N-ethyl adjacent to an activating group) is 1. The molecule has 0 spiro atoms. The summed E-state index contributed by atoms with van der Waals surface area (Å²) in [6.45, 7) is 3.89. The van der Waals surface area contributed by atoms with Crippen molar-refractivity contribution in [3.05, 3.63) is 23.8 Å². The van der Waals surface area contributed by atoms with Crippen LogP contribution in [0.4, 0.5) is 0 Å². The molecule has 1 aromatic rings. The summed E-state index contributed by atoms with van der Waals surface area (Å²) < 4.78 is 37.2. The van der Waals surface area contributed by atoms with Crippen LogP contribution in [-0.2, 0) is 21.2 Å². The van der Waals surface area contributed by atoms with Gasteiger partial charge in [-0.3, -0.25) is 0 Å². The Balaban J connectivity index is 2.30. The van der Waals surface area contributed by atoms with Gasteiger partial charge in [-0.25, -0.2) is 8.42 Å². The van der Waals surface area contributed by atoms with E-state index in [4.69, 9.17) is 9.47 Å². The molecule has 0 fully saturated rings. The van der Waals surface area contributed by atoms with Gasteiger partial charge >= 0.3 is 0 Å². The Labute approximate surface area is 131 Å². The monoisotopic (exact) mass is 329 g/mol. The van der Waals surface area contributed by atoms with Crippen LogP contribution in [0.15, 0.2) is 23.1 Å². The topological polar surface area (TPSA) is 76.1 Å². The van der Waals surface area contributed by atoms with Crippen molar-refractivity contribution in [2.45, 2.75) is 36.9 Å². The molecule has 2 rings (SSSR count). The molecule has 0 bridgehead atoms. The highest BCUT2D eigenvalue weighted by molar-refractivity contribution is 7.89. The number of para-hydroxylation sites is 1. The van der Waals surface area contributed by atoms with Crippen LogP contribution in [0.25, 0.3) is 0 Å². The summed E-state index contributed by atoms with van der Waals surface area (Å²) in [4.78, 5) is 0.141. The molecule has 124 valence electrons. The first-order chi connectivity index (χ1) is 10.2. The minimum absolute atomic E-state index is 0.0385. The van der Waals surface area contributed by atoms with Gasteiger partial charge in [0.25, 0.3) is 0 Å². The summed E-state index contributed by atoms with van der Waals surface area (Å²) in [6, 6.07) is 5.13. The number of nitrogens with zero attached hydrogens (tertiary/aromatic N) is 1. The highest BCUT2D eigenvalue weighted by Gasteiger charge is 2.36. The van der Waals surface area contributed by atoms with Crippen LogP contribution in [0, 0.1) is 0 Å². The lowest BCUT2D eigenvalue weighted by atomic mass is 10.0. The van der Waals surface area contributed by atoms with Crippen molar-refractivity contribution in [3.8, 4) is 5.75 Å². The molecule has 1 N–H and O–H groups in total. The Morgan fingerprint density at radius 3 is 2.77 bits per heavy atom. The molecule has 0 saturated carbocycles. The minimum Gasteiger partial charge on any atom is -0.486 e. The number of hydrogen-bond acceptors (Lipinski definition) is 5. The van der Waals surface area contributed by atoms with E-state index in [2.05, 4.69) is 0 Å². The van der Waals surface area contributed by atoms with Crippen molar-refractivity contribution in [3.63, 3.8) is 0 Å². The number of ether oxygens (including phenoxy) is 2. The molecule has 1 aliphatic rings. The first-order valence-corrected chi connectivity index (χ1v) is 8.55. The van der Waals surface area contributed by atoms with E-state index in [0.717, 1.165) is 9.87 Å². The number of fused-ring (bicyclic) bond motifs is 1. The van der Waals surface area contributed by atoms with Crippen LogP contribution in [0.2, 0.25) is 0 Å². The van der Waals surface area contributed by atoms with Gasteiger partial charge in [0.05, 0.1) is 12.7 Å². The fourth-order valence-corrected chi connectivity index (χ4v) is 3.96. The normalized spacial score (nSPS) is 18.1. The van der Waals surface area contributed by atoms with Crippen LogP contribution in [0.1, 0.15) is 19.4 Å². The zero-order valence-corrected chi connectivity index (χ0v) is 14.2. The number of aliphatic hydroxyl groups is 1. The van der Waals surface area contributed by atoms with E-state index in [1.165, 1.54) is 20.2 Å². The van der Waals surface area contributed by atoms with Crippen molar-refractivity contribution in [1.29, 1.82) is 0 Å². The van der Waals surface area contributed by atoms with Gasteiger partial charge in [0, 0.05) is 27.1 Å². The van der Waals surface area contributed by atoms with Crippen molar-refractivity contribution < 1.29 is 23.0 Å². The van der Waals surface area contributed by atoms with Gasteiger partial charge in [-0.05, 0) is 25.5 Å². The van der Waals surface area contributed by atoms with Crippen LogP contribution < -0.4 is 4.74 Å². The minimum atomic E-state index is -3.74. The first kappa shape index (κ1) is 17.2. The van der Waals surface area contributed by atoms with Gasteiger partial charge in [-0.15, -0.1) is 0 Å². The molecule has 1 aromatic carbocycles. The van der Waals surface area contributed by atoms with Gasteiger partial charge in [0.1, 0.15) is 16.2 Å². The zero-order chi connectivity index (χ0) is 16.5. The molecule has 0 aromatic heterocycles. The van der Waals surface area contributed by atoms with Crippen LogP contribution in [0.3, 0.4) is 0 Å². The lowest BCUT2D eigenvalue weighted by molar-refractivity contribution is 0.0553. The van der Waals surface area contributed by atoms with Crippen LogP contribution in [-0.4, -0.2) is 56.8 Å². The maximum Gasteiger partial charge on any atom is 0.246 e. The molecule has 7 heteroatoms. The zero-order valence-electron chi connectivity index (χ0n) is 13.4. The Morgan fingerprint density at radius 1 is 1.45 bits per heavy atom. The fraction of sp³-hybridized carbons (Fsp3) is 0.600. The molecule has 1 heterocycles. The Hall–Kier alpha value is -1.15. The maximum atomic E-state index is 12.7. The summed E-state index contributed by atoms with van der Waals surface area (Å²) in [7, 11) is -0.841. The van der Waals surface area contributed by atoms with Crippen LogP contribution in [0.5, 0.6) is 5.75 Å². The highest BCUT2D eigenvalue weighted by atomic mass is 32.2. The lowest BCUT2D eigenvalue weighted by Crippen LogP contribution is -2.36. The van der Waals surface area contributed by atoms with Crippen molar-refractivity contribution in [1.82, 2.24) is 4.31 Å². The van der Waals surface area contributed by atoms with E-state index in [-0.39, 0.29) is 18.0 Å².